The molecule has 0 spiro atoms. The molecule has 5 rings (SSSR count). The van der Waals surface area contributed by atoms with E-state index >= 15 is 0 Å². The smallest absolute Gasteiger partial charge is 0.253 e. The largest absolute Gasteiger partial charge is 0.348 e. The van der Waals surface area contributed by atoms with Crippen molar-refractivity contribution in [1.29, 1.82) is 0 Å². The Hall–Kier alpha value is -1.94. The molecule has 3 saturated heterocycles. The van der Waals surface area contributed by atoms with Gasteiger partial charge in [0, 0.05) is 23.7 Å². The van der Waals surface area contributed by atoms with Crippen LogP contribution < -0.4 is 5.32 Å². The molecule has 1 unspecified atom stereocenters. The molecule has 4 heteroatoms. The summed E-state index contributed by atoms with van der Waals surface area (Å²) in [7, 11) is 0. The number of carbonyl (C=O) groups excluding carboxylic acids is 1. The SMILES string of the molecule is CCCc1ccc2cccc(C(=O)NC3CN4CCC3CC4)c2n1. The molecule has 0 aliphatic carbocycles. The van der Waals surface area contributed by atoms with E-state index in [9.17, 15) is 4.79 Å². The first-order valence-electron chi connectivity index (χ1n) is 9.16. The van der Waals surface area contributed by atoms with Gasteiger partial charge in [-0.25, -0.2) is 0 Å². The number of aryl methyl sites for hydroxylation is 1. The molecule has 1 atom stereocenters. The van der Waals surface area contributed by atoms with Crippen LogP contribution in [0.25, 0.3) is 10.9 Å². The number of para-hydroxylation sites is 1. The van der Waals surface area contributed by atoms with Crippen molar-refractivity contribution in [3.05, 3.63) is 41.6 Å². The number of hydrogen-bond donors (Lipinski definition) is 1. The van der Waals surface area contributed by atoms with Gasteiger partial charge in [-0.05, 0) is 50.4 Å². The van der Waals surface area contributed by atoms with Gasteiger partial charge < -0.3 is 10.2 Å². The second-order valence-electron chi connectivity index (χ2n) is 7.15. The molecule has 4 heterocycles. The molecule has 3 fully saturated rings. The Bertz CT molecular complexity index is 750. The van der Waals surface area contributed by atoms with Crippen molar-refractivity contribution < 1.29 is 4.79 Å². The third-order valence-corrected chi connectivity index (χ3v) is 5.50. The van der Waals surface area contributed by atoms with Crippen molar-refractivity contribution in [3.8, 4) is 0 Å². The highest BCUT2D eigenvalue weighted by Gasteiger charge is 2.35. The number of aromatic nitrogens is 1. The highest BCUT2D eigenvalue weighted by atomic mass is 16.1. The minimum absolute atomic E-state index is 0.0282. The Morgan fingerprint density at radius 2 is 2.08 bits per heavy atom. The Morgan fingerprint density at radius 3 is 2.79 bits per heavy atom. The molecule has 1 N–H and O–H groups in total. The van der Waals surface area contributed by atoms with Gasteiger partial charge in [0.25, 0.3) is 5.91 Å². The molecule has 1 aromatic carbocycles. The lowest BCUT2D eigenvalue weighted by Gasteiger charge is -2.44. The Kier molecular flexibility index (Phi) is 4.23. The van der Waals surface area contributed by atoms with Gasteiger partial charge in [-0.1, -0.05) is 31.5 Å². The van der Waals surface area contributed by atoms with Crippen LogP contribution in [0.2, 0.25) is 0 Å². The molecule has 3 aliphatic heterocycles. The normalized spacial score (nSPS) is 25.8. The van der Waals surface area contributed by atoms with Gasteiger partial charge in [-0.15, -0.1) is 0 Å². The van der Waals surface area contributed by atoms with E-state index in [1.54, 1.807) is 0 Å². The molecule has 0 saturated carbocycles. The van der Waals surface area contributed by atoms with Gasteiger partial charge in [0.15, 0.2) is 0 Å². The number of pyridine rings is 1. The van der Waals surface area contributed by atoms with Crippen LogP contribution in [0.5, 0.6) is 0 Å². The van der Waals surface area contributed by atoms with E-state index in [1.165, 1.54) is 25.9 Å². The van der Waals surface area contributed by atoms with Crippen molar-refractivity contribution in [2.75, 3.05) is 19.6 Å². The zero-order valence-corrected chi connectivity index (χ0v) is 14.3. The van der Waals surface area contributed by atoms with Crippen LogP contribution in [0, 0.1) is 5.92 Å². The fourth-order valence-corrected chi connectivity index (χ4v) is 4.14. The fourth-order valence-electron chi connectivity index (χ4n) is 4.14. The average Bonchev–Trinajstić information content (AvgIpc) is 2.62. The molecule has 126 valence electrons. The van der Waals surface area contributed by atoms with Gasteiger partial charge in [0.05, 0.1) is 11.1 Å². The fraction of sp³-hybridized carbons (Fsp3) is 0.500. The van der Waals surface area contributed by atoms with Crippen molar-refractivity contribution in [2.24, 2.45) is 5.92 Å². The highest BCUT2D eigenvalue weighted by Crippen LogP contribution is 2.28. The lowest BCUT2D eigenvalue weighted by Crippen LogP contribution is -2.57. The maximum Gasteiger partial charge on any atom is 0.253 e. The Morgan fingerprint density at radius 1 is 1.25 bits per heavy atom. The van der Waals surface area contributed by atoms with Crippen molar-refractivity contribution in [3.63, 3.8) is 0 Å². The zero-order valence-electron chi connectivity index (χ0n) is 14.3. The van der Waals surface area contributed by atoms with Gasteiger partial charge >= 0.3 is 0 Å². The monoisotopic (exact) mass is 323 g/mol. The Balaban J connectivity index is 1.60. The van der Waals surface area contributed by atoms with Crippen LogP contribution in [0.3, 0.4) is 0 Å². The molecular weight excluding hydrogens is 298 g/mol. The first-order chi connectivity index (χ1) is 11.7. The second kappa shape index (κ2) is 6.52. The predicted octanol–water partition coefficient (Wildman–Crippen LogP) is 3.01. The number of hydrogen-bond acceptors (Lipinski definition) is 3. The number of fused-ring (bicyclic) bond motifs is 4. The van der Waals surface area contributed by atoms with Crippen molar-refractivity contribution >= 4 is 16.8 Å². The predicted molar refractivity (Wildman–Crippen MR) is 96.2 cm³/mol. The van der Waals surface area contributed by atoms with Crippen molar-refractivity contribution in [2.45, 2.75) is 38.6 Å². The lowest BCUT2D eigenvalue weighted by molar-refractivity contribution is 0.0621. The number of amides is 1. The quantitative estimate of drug-likeness (QED) is 0.941. The summed E-state index contributed by atoms with van der Waals surface area (Å²) in [6.07, 6.45) is 4.43. The molecule has 3 aliphatic rings. The van der Waals surface area contributed by atoms with Crippen LogP contribution in [0.4, 0.5) is 0 Å². The summed E-state index contributed by atoms with van der Waals surface area (Å²) in [5.74, 6) is 0.665. The summed E-state index contributed by atoms with van der Waals surface area (Å²) in [5, 5.41) is 4.33. The number of carbonyl (C=O) groups is 1. The van der Waals surface area contributed by atoms with Crippen LogP contribution in [0.15, 0.2) is 30.3 Å². The molecule has 24 heavy (non-hydrogen) atoms. The number of piperidine rings is 3. The van der Waals surface area contributed by atoms with Crippen LogP contribution in [-0.4, -0.2) is 41.5 Å². The first-order valence-corrected chi connectivity index (χ1v) is 9.16. The van der Waals surface area contributed by atoms with Crippen LogP contribution >= 0.6 is 0 Å². The third kappa shape index (κ3) is 2.91. The summed E-state index contributed by atoms with van der Waals surface area (Å²) in [4.78, 5) is 20.1. The number of rotatable bonds is 4. The van der Waals surface area contributed by atoms with E-state index in [4.69, 9.17) is 4.98 Å². The molecule has 1 amide bonds. The van der Waals surface area contributed by atoms with E-state index < -0.39 is 0 Å². The maximum atomic E-state index is 12.9. The van der Waals surface area contributed by atoms with Gasteiger partial charge in [-0.2, -0.15) is 0 Å². The van der Waals surface area contributed by atoms with Gasteiger partial charge in [0.2, 0.25) is 0 Å². The van der Waals surface area contributed by atoms with E-state index in [1.807, 2.05) is 18.2 Å². The lowest BCUT2D eigenvalue weighted by atomic mass is 9.84. The van der Waals surface area contributed by atoms with E-state index in [2.05, 4.69) is 29.3 Å². The minimum atomic E-state index is 0.0282. The summed E-state index contributed by atoms with van der Waals surface area (Å²) in [6.45, 7) is 5.52. The molecular formula is C20H25N3O. The maximum absolute atomic E-state index is 12.9. The van der Waals surface area contributed by atoms with E-state index in [-0.39, 0.29) is 11.9 Å². The summed E-state index contributed by atoms with van der Waals surface area (Å²) < 4.78 is 0. The van der Waals surface area contributed by atoms with E-state index in [0.29, 0.717) is 11.5 Å². The van der Waals surface area contributed by atoms with Crippen LogP contribution in [0.1, 0.15) is 42.2 Å². The number of benzene rings is 1. The molecule has 2 aromatic rings. The summed E-state index contributed by atoms with van der Waals surface area (Å²) in [6, 6.07) is 10.3. The summed E-state index contributed by atoms with van der Waals surface area (Å²) >= 11 is 0. The molecule has 4 nitrogen and oxygen atoms in total. The third-order valence-electron chi connectivity index (χ3n) is 5.50. The topological polar surface area (TPSA) is 45.2 Å². The zero-order chi connectivity index (χ0) is 16.5. The first kappa shape index (κ1) is 15.6. The minimum Gasteiger partial charge on any atom is -0.348 e. The number of nitrogens with zero attached hydrogens (tertiary/aromatic N) is 2. The molecule has 0 radical (unpaired) electrons. The van der Waals surface area contributed by atoms with Gasteiger partial charge in [-0.3, -0.25) is 9.78 Å². The van der Waals surface area contributed by atoms with Gasteiger partial charge in [0.1, 0.15) is 0 Å². The second-order valence-corrected chi connectivity index (χ2v) is 7.15. The summed E-state index contributed by atoms with van der Waals surface area (Å²) in [5.41, 5.74) is 2.61. The number of nitrogens with one attached hydrogen (secondary N) is 1. The Labute approximate surface area is 143 Å². The van der Waals surface area contributed by atoms with Crippen molar-refractivity contribution in [1.82, 2.24) is 15.2 Å². The van der Waals surface area contributed by atoms with E-state index in [0.717, 1.165) is 36.0 Å². The standard InChI is InChI=1S/C20H25N3O/c1-2-4-16-8-7-15-5-3-6-17(19(15)21-16)20(24)22-18-13-23-11-9-14(18)10-12-23/h3,5-8,14,18H,2,4,9-13H2,1H3,(H,22,24). The average molecular weight is 323 g/mol. The highest BCUT2D eigenvalue weighted by molar-refractivity contribution is 6.05. The molecule has 1 aromatic heterocycles. The van der Waals surface area contributed by atoms with Crippen LogP contribution in [-0.2, 0) is 6.42 Å². The molecule has 2 bridgehead atoms.